The molecule has 0 saturated heterocycles. The van der Waals surface area contributed by atoms with Crippen LogP contribution in [0.1, 0.15) is 35.6 Å². The van der Waals surface area contributed by atoms with Crippen molar-refractivity contribution in [3.63, 3.8) is 0 Å². The number of aromatic nitrogens is 4. The van der Waals surface area contributed by atoms with E-state index in [1.807, 2.05) is 0 Å². The number of methoxy groups -OCH3 is 2. The molecule has 1 unspecified atom stereocenters. The van der Waals surface area contributed by atoms with Crippen LogP contribution in [0.5, 0.6) is 11.5 Å². The van der Waals surface area contributed by atoms with E-state index in [2.05, 4.69) is 27.2 Å². The number of nitrogens with zero attached hydrogens (tertiary/aromatic N) is 3. The first kappa shape index (κ1) is 21.6. The number of fused-ring (bicyclic) bond motifs is 1. The highest BCUT2D eigenvalue weighted by molar-refractivity contribution is 6.01. The summed E-state index contributed by atoms with van der Waals surface area (Å²) in [6, 6.07) is 3.29. The Labute approximate surface area is 185 Å². The molecule has 168 valence electrons. The molecule has 3 aromatic rings. The van der Waals surface area contributed by atoms with E-state index in [0.29, 0.717) is 34.8 Å². The highest BCUT2D eigenvalue weighted by Gasteiger charge is 2.28. The lowest BCUT2D eigenvalue weighted by Gasteiger charge is -2.18. The van der Waals surface area contributed by atoms with Gasteiger partial charge in [-0.2, -0.15) is 10.2 Å². The Kier molecular flexibility index (Phi) is 5.98. The van der Waals surface area contributed by atoms with Gasteiger partial charge in [0.05, 0.1) is 19.9 Å². The third kappa shape index (κ3) is 3.98. The van der Waals surface area contributed by atoms with Gasteiger partial charge in [-0.3, -0.25) is 14.6 Å². The van der Waals surface area contributed by atoms with Crippen LogP contribution in [0.25, 0.3) is 11.4 Å². The van der Waals surface area contributed by atoms with Gasteiger partial charge in [0.1, 0.15) is 17.1 Å². The number of ether oxygens (including phenoxy) is 2. The number of anilines is 1. The van der Waals surface area contributed by atoms with Crippen molar-refractivity contribution in [3.8, 4) is 22.9 Å². The molecule has 2 heterocycles. The Morgan fingerprint density at radius 2 is 2.16 bits per heavy atom. The lowest BCUT2D eigenvalue weighted by atomic mass is 9.90. The molecule has 0 aliphatic heterocycles. The van der Waals surface area contributed by atoms with Crippen LogP contribution in [-0.2, 0) is 24.7 Å². The predicted octanol–water partition coefficient (Wildman–Crippen LogP) is 3.75. The summed E-state index contributed by atoms with van der Waals surface area (Å²) in [4.78, 5) is 11.8. The van der Waals surface area contributed by atoms with Gasteiger partial charge >= 0.3 is 0 Å². The topological polar surface area (TPSA) is 94.1 Å². The van der Waals surface area contributed by atoms with E-state index in [9.17, 15) is 4.79 Å². The Hall–Kier alpha value is -3.62. The molecule has 8 nitrogen and oxygen atoms in total. The summed E-state index contributed by atoms with van der Waals surface area (Å²) >= 11 is 0. The van der Waals surface area contributed by atoms with E-state index in [4.69, 9.17) is 9.47 Å². The summed E-state index contributed by atoms with van der Waals surface area (Å²) in [6.45, 7) is 3.50. The van der Waals surface area contributed by atoms with Gasteiger partial charge in [0, 0.05) is 30.6 Å². The molecular formula is C23H26FN5O3. The minimum atomic E-state index is -0.361. The highest BCUT2D eigenvalue weighted by atomic mass is 19.1. The number of hydrogen-bond acceptors (Lipinski definition) is 5. The average molecular weight is 439 g/mol. The molecule has 32 heavy (non-hydrogen) atoms. The monoisotopic (exact) mass is 439 g/mol. The fourth-order valence-electron chi connectivity index (χ4n) is 4.27. The predicted molar refractivity (Wildman–Crippen MR) is 119 cm³/mol. The van der Waals surface area contributed by atoms with Crippen LogP contribution in [0, 0.1) is 5.82 Å². The molecule has 1 amide bonds. The van der Waals surface area contributed by atoms with Gasteiger partial charge in [-0.1, -0.05) is 6.58 Å². The highest BCUT2D eigenvalue weighted by Crippen LogP contribution is 2.40. The van der Waals surface area contributed by atoms with Crippen molar-refractivity contribution in [2.75, 3.05) is 19.5 Å². The molecule has 1 aromatic carbocycles. The molecule has 0 fully saturated rings. The Bertz CT molecular complexity index is 1170. The van der Waals surface area contributed by atoms with Gasteiger partial charge in [0.2, 0.25) is 5.91 Å². The summed E-state index contributed by atoms with van der Waals surface area (Å²) < 4.78 is 27.3. The van der Waals surface area contributed by atoms with Gasteiger partial charge in [-0.15, -0.1) is 0 Å². The van der Waals surface area contributed by atoms with Crippen molar-refractivity contribution >= 4 is 11.6 Å². The minimum absolute atomic E-state index is 0.0581. The quantitative estimate of drug-likeness (QED) is 0.451. The minimum Gasteiger partial charge on any atom is -0.497 e. The Morgan fingerprint density at radius 1 is 1.34 bits per heavy atom. The van der Waals surface area contributed by atoms with E-state index in [0.717, 1.165) is 30.5 Å². The number of hydrogen-bond donors (Lipinski definition) is 2. The number of nitrogens with one attached hydrogen (secondary N) is 2. The summed E-state index contributed by atoms with van der Waals surface area (Å²) in [7, 11) is 4.79. The molecular weight excluding hydrogens is 413 g/mol. The van der Waals surface area contributed by atoms with Crippen LogP contribution in [0.4, 0.5) is 10.1 Å². The second-order valence-electron chi connectivity index (χ2n) is 7.81. The summed E-state index contributed by atoms with van der Waals surface area (Å²) in [5, 5.41) is 14.9. The van der Waals surface area contributed by atoms with Crippen LogP contribution in [-0.4, -0.2) is 40.1 Å². The molecule has 1 aliphatic carbocycles. The van der Waals surface area contributed by atoms with Crippen molar-refractivity contribution < 1.29 is 18.7 Å². The molecule has 0 bridgehead atoms. The van der Waals surface area contributed by atoms with E-state index in [1.54, 1.807) is 37.2 Å². The van der Waals surface area contributed by atoms with Gasteiger partial charge in [0.15, 0.2) is 11.6 Å². The molecule has 9 heteroatoms. The number of benzene rings is 1. The number of carbonyl (C=O) groups excluding carboxylic acids is 1. The molecule has 2 N–H and O–H groups in total. The first-order chi connectivity index (χ1) is 15.4. The van der Waals surface area contributed by atoms with Crippen LogP contribution >= 0.6 is 0 Å². The first-order valence-corrected chi connectivity index (χ1v) is 10.4. The molecule has 0 saturated carbocycles. The number of carbonyl (C=O) groups is 1. The van der Waals surface area contributed by atoms with E-state index in [1.165, 1.54) is 13.2 Å². The Balaban J connectivity index is 1.70. The second kappa shape index (κ2) is 8.86. The molecule has 1 atom stereocenters. The standard InChI is InChI=1S/C23H26FN5O3/c1-5-20(30)25-18-12-29(2)28-23(18)22-15-8-6-7-13(9-17(15)26-27-22)16-10-14(31-3)11-19(32-4)21(16)24/h5,10-13H,1,6-9H2,2-4H3,(H,25,30)(H,26,27). The van der Waals surface area contributed by atoms with Crippen molar-refractivity contribution in [3.05, 3.63) is 53.6 Å². The molecule has 1 aliphatic rings. The third-order valence-electron chi connectivity index (χ3n) is 5.82. The number of halogens is 1. The lowest BCUT2D eigenvalue weighted by molar-refractivity contribution is -0.111. The number of H-pyrrole nitrogens is 1. The van der Waals surface area contributed by atoms with Crippen LogP contribution < -0.4 is 14.8 Å². The molecule has 0 spiro atoms. The smallest absolute Gasteiger partial charge is 0.247 e. The van der Waals surface area contributed by atoms with Crippen molar-refractivity contribution in [1.82, 2.24) is 20.0 Å². The van der Waals surface area contributed by atoms with Gasteiger partial charge in [0.25, 0.3) is 0 Å². The normalized spacial score (nSPS) is 15.6. The van der Waals surface area contributed by atoms with Crippen molar-refractivity contribution in [1.29, 1.82) is 0 Å². The number of rotatable bonds is 6. The van der Waals surface area contributed by atoms with Crippen molar-refractivity contribution in [2.45, 2.75) is 31.6 Å². The summed E-state index contributed by atoms with van der Waals surface area (Å²) in [5.41, 5.74) is 4.40. The Morgan fingerprint density at radius 3 is 2.88 bits per heavy atom. The summed E-state index contributed by atoms with van der Waals surface area (Å²) in [6.07, 6.45) is 5.96. The van der Waals surface area contributed by atoms with E-state index < -0.39 is 0 Å². The van der Waals surface area contributed by atoms with Gasteiger partial charge in [-0.25, -0.2) is 4.39 Å². The van der Waals surface area contributed by atoms with Gasteiger partial charge in [-0.05, 0) is 49.3 Å². The molecule has 2 aromatic heterocycles. The largest absolute Gasteiger partial charge is 0.497 e. The summed E-state index contributed by atoms with van der Waals surface area (Å²) in [5.74, 6) is -0.00411. The number of amides is 1. The first-order valence-electron chi connectivity index (χ1n) is 10.4. The third-order valence-corrected chi connectivity index (χ3v) is 5.82. The van der Waals surface area contributed by atoms with E-state index in [-0.39, 0.29) is 23.4 Å². The van der Waals surface area contributed by atoms with Crippen LogP contribution in [0.3, 0.4) is 0 Å². The van der Waals surface area contributed by atoms with Crippen molar-refractivity contribution in [2.24, 2.45) is 7.05 Å². The SMILES string of the molecule is C=CC(=O)Nc1cn(C)nc1-c1n[nH]c2c1CCCC(c1cc(OC)cc(OC)c1F)C2. The fourth-order valence-corrected chi connectivity index (χ4v) is 4.27. The molecule has 0 radical (unpaired) electrons. The maximum absolute atomic E-state index is 15.1. The maximum atomic E-state index is 15.1. The average Bonchev–Trinajstić information content (AvgIpc) is 3.28. The molecule has 4 rings (SSSR count). The number of aromatic amines is 1. The maximum Gasteiger partial charge on any atom is 0.247 e. The zero-order valence-electron chi connectivity index (χ0n) is 18.4. The van der Waals surface area contributed by atoms with Crippen LogP contribution in [0.2, 0.25) is 0 Å². The van der Waals surface area contributed by atoms with Crippen LogP contribution in [0.15, 0.2) is 31.0 Å². The fraction of sp³-hybridized carbons (Fsp3) is 0.348. The lowest BCUT2D eigenvalue weighted by Crippen LogP contribution is -2.07. The zero-order valence-corrected chi connectivity index (χ0v) is 18.4. The number of aryl methyl sites for hydroxylation is 1. The van der Waals surface area contributed by atoms with Gasteiger partial charge < -0.3 is 14.8 Å². The second-order valence-corrected chi connectivity index (χ2v) is 7.81. The zero-order chi connectivity index (χ0) is 22.8. The van der Waals surface area contributed by atoms with E-state index >= 15 is 4.39 Å².